The van der Waals surface area contributed by atoms with Gasteiger partial charge in [-0.3, -0.25) is 9.69 Å². The Labute approximate surface area is 174 Å². The minimum absolute atomic E-state index is 0.0280. The first kappa shape index (κ1) is 19.1. The molecule has 4 heterocycles. The second kappa shape index (κ2) is 7.44. The lowest BCUT2D eigenvalue weighted by Crippen LogP contribution is -2.55. The number of aromatic nitrogens is 1. The largest absolute Gasteiger partial charge is 0.341 e. The van der Waals surface area contributed by atoms with Crippen LogP contribution in [0.2, 0.25) is 0 Å². The number of benzene rings is 1. The number of para-hydroxylation sites is 1. The normalized spacial score (nSPS) is 29.1. The molecular formula is C24H34N4O. The Morgan fingerprint density at radius 1 is 1.14 bits per heavy atom. The molecular weight excluding hydrogens is 360 g/mol. The molecule has 4 unspecified atom stereocenters. The summed E-state index contributed by atoms with van der Waals surface area (Å²) >= 11 is 0. The molecule has 0 bridgehead atoms. The van der Waals surface area contributed by atoms with Crippen molar-refractivity contribution in [3.8, 4) is 0 Å². The Kier molecular flexibility index (Phi) is 4.91. The summed E-state index contributed by atoms with van der Waals surface area (Å²) in [5.74, 6) is 2.52. The molecule has 3 aliphatic rings. The van der Waals surface area contributed by atoms with E-state index in [4.69, 9.17) is 0 Å². The lowest BCUT2D eigenvalue weighted by molar-refractivity contribution is -0.140. The quantitative estimate of drug-likeness (QED) is 0.802. The fourth-order valence-electron chi connectivity index (χ4n) is 6.24. The Balaban J connectivity index is 1.33. The molecule has 5 heteroatoms. The summed E-state index contributed by atoms with van der Waals surface area (Å²) in [6.45, 7) is 11.6. The highest BCUT2D eigenvalue weighted by Gasteiger charge is 2.43. The van der Waals surface area contributed by atoms with Crippen LogP contribution in [-0.4, -0.2) is 71.0 Å². The molecule has 5 rings (SSSR count). The minimum atomic E-state index is 0.0280. The molecule has 1 aromatic carbocycles. The van der Waals surface area contributed by atoms with Gasteiger partial charge in [-0.05, 0) is 48.7 Å². The number of amides is 1. The molecule has 0 saturated carbocycles. The molecule has 0 spiro atoms. The number of piperidine rings is 1. The molecule has 2 aromatic rings. The van der Waals surface area contributed by atoms with Gasteiger partial charge in [0.05, 0.1) is 12.6 Å². The molecule has 1 amide bonds. The number of carbonyl (C=O) groups excluding carboxylic acids is 1. The van der Waals surface area contributed by atoms with Gasteiger partial charge in [0.15, 0.2) is 0 Å². The predicted octanol–water partition coefficient (Wildman–Crippen LogP) is 2.89. The van der Waals surface area contributed by atoms with E-state index in [2.05, 4.69) is 70.5 Å². The van der Waals surface area contributed by atoms with Crippen molar-refractivity contribution in [3.05, 3.63) is 36.0 Å². The molecule has 0 N–H and O–H groups in total. The van der Waals surface area contributed by atoms with Crippen LogP contribution in [0.5, 0.6) is 0 Å². The van der Waals surface area contributed by atoms with Crippen molar-refractivity contribution in [2.75, 3.05) is 39.8 Å². The summed E-state index contributed by atoms with van der Waals surface area (Å²) in [4.78, 5) is 20.7. The number of hydrogen-bond acceptors (Lipinski definition) is 3. The molecule has 4 atom stereocenters. The lowest BCUT2D eigenvalue weighted by atomic mass is 9.80. The molecule has 2 saturated heterocycles. The van der Waals surface area contributed by atoms with Gasteiger partial charge in [-0.15, -0.1) is 0 Å². The lowest BCUT2D eigenvalue weighted by Gasteiger charge is -2.43. The maximum Gasteiger partial charge on any atom is 0.240 e. The monoisotopic (exact) mass is 394 g/mol. The van der Waals surface area contributed by atoms with Crippen molar-refractivity contribution in [2.24, 2.45) is 17.8 Å². The second-order valence-electron chi connectivity index (χ2n) is 9.61. The van der Waals surface area contributed by atoms with Crippen LogP contribution >= 0.6 is 0 Å². The van der Waals surface area contributed by atoms with Crippen LogP contribution in [0.25, 0.3) is 10.9 Å². The Hall–Kier alpha value is -1.85. The van der Waals surface area contributed by atoms with Gasteiger partial charge in [-0.1, -0.05) is 32.0 Å². The van der Waals surface area contributed by atoms with E-state index in [9.17, 15) is 4.79 Å². The summed E-state index contributed by atoms with van der Waals surface area (Å²) < 4.78 is 2.39. The molecule has 5 nitrogen and oxygen atoms in total. The van der Waals surface area contributed by atoms with E-state index in [0.717, 1.165) is 51.0 Å². The average Bonchev–Trinajstić information content (AvgIpc) is 3.28. The van der Waals surface area contributed by atoms with Gasteiger partial charge in [0, 0.05) is 50.5 Å². The van der Waals surface area contributed by atoms with Crippen LogP contribution in [0, 0.1) is 17.8 Å². The molecule has 0 radical (unpaired) electrons. The van der Waals surface area contributed by atoms with Crippen molar-refractivity contribution in [1.29, 1.82) is 0 Å². The van der Waals surface area contributed by atoms with Crippen LogP contribution in [0.1, 0.15) is 26.0 Å². The van der Waals surface area contributed by atoms with E-state index in [1.54, 1.807) is 0 Å². The molecule has 0 aliphatic carbocycles. The van der Waals surface area contributed by atoms with Crippen molar-refractivity contribution >= 4 is 16.8 Å². The van der Waals surface area contributed by atoms with E-state index in [1.807, 2.05) is 0 Å². The number of fused-ring (bicyclic) bond motifs is 4. The number of hydrogen-bond donors (Lipinski definition) is 0. The van der Waals surface area contributed by atoms with Crippen molar-refractivity contribution in [3.63, 3.8) is 0 Å². The van der Waals surface area contributed by atoms with Gasteiger partial charge in [0.2, 0.25) is 5.91 Å². The van der Waals surface area contributed by atoms with Crippen LogP contribution in [0.4, 0.5) is 0 Å². The van der Waals surface area contributed by atoms with Crippen LogP contribution in [-0.2, 0) is 17.9 Å². The van der Waals surface area contributed by atoms with Gasteiger partial charge in [-0.25, -0.2) is 0 Å². The number of rotatable bonds is 3. The SMILES string of the molecule is CCC(C(=O)N1CCn2c(cc3ccccc32)C1)N1CC(C)C2CN(C)CC2C1. The van der Waals surface area contributed by atoms with Crippen molar-refractivity contribution in [1.82, 2.24) is 19.3 Å². The van der Waals surface area contributed by atoms with Gasteiger partial charge < -0.3 is 14.4 Å². The van der Waals surface area contributed by atoms with Crippen LogP contribution in [0.3, 0.4) is 0 Å². The van der Waals surface area contributed by atoms with Crippen molar-refractivity contribution in [2.45, 2.75) is 39.4 Å². The number of nitrogens with zero attached hydrogens (tertiary/aromatic N) is 4. The molecule has 3 aliphatic heterocycles. The maximum atomic E-state index is 13.6. The van der Waals surface area contributed by atoms with Gasteiger partial charge in [0.25, 0.3) is 0 Å². The van der Waals surface area contributed by atoms with E-state index in [-0.39, 0.29) is 6.04 Å². The topological polar surface area (TPSA) is 31.7 Å². The fourth-order valence-corrected chi connectivity index (χ4v) is 6.24. The predicted molar refractivity (Wildman–Crippen MR) is 117 cm³/mol. The van der Waals surface area contributed by atoms with E-state index >= 15 is 0 Å². The molecule has 2 fully saturated rings. The first-order valence-electron chi connectivity index (χ1n) is 11.3. The summed E-state index contributed by atoms with van der Waals surface area (Å²) in [6.07, 6.45) is 0.901. The minimum Gasteiger partial charge on any atom is -0.341 e. The number of likely N-dealkylation sites (tertiary alicyclic amines) is 2. The zero-order valence-corrected chi connectivity index (χ0v) is 18.1. The van der Waals surface area contributed by atoms with Crippen LogP contribution in [0.15, 0.2) is 30.3 Å². The Morgan fingerprint density at radius 2 is 1.97 bits per heavy atom. The first-order valence-corrected chi connectivity index (χ1v) is 11.3. The summed E-state index contributed by atoms with van der Waals surface area (Å²) in [5.41, 5.74) is 2.56. The first-order chi connectivity index (χ1) is 14.0. The summed E-state index contributed by atoms with van der Waals surface area (Å²) in [6, 6.07) is 10.8. The highest BCUT2D eigenvalue weighted by Crippen LogP contribution is 2.35. The third-order valence-corrected chi connectivity index (χ3v) is 7.66. The Bertz CT molecular complexity index is 905. The molecule has 1 aromatic heterocycles. The maximum absolute atomic E-state index is 13.6. The number of carbonyl (C=O) groups is 1. The molecule has 29 heavy (non-hydrogen) atoms. The van der Waals surface area contributed by atoms with Crippen LogP contribution < -0.4 is 0 Å². The van der Waals surface area contributed by atoms with E-state index < -0.39 is 0 Å². The van der Waals surface area contributed by atoms with Gasteiger partial charge in [0.1, 0.15) is 0 Å². The average molecular weight is 395 g/mol. The van der Waals surface area contributed by atoms with Crippen molar-refractivity contribution < 1.29 is 4.79 Å². The zero-order valence-electron chi connectivity index (χ0n) is 18.1. The second-order valence-corrected chi connectivity index (χ2v) is 9.61. The van der Waals surface area contributed by atoms with E-state index in [1.165, 1.54) is 29.7 Å². The Morgan fingerprint density at radius 3 is 2.79 bits per heavy atom. The third kappa shape index (κ3) is 3.28. The van der Waals surface area contributed by atoms with Gasteiger partial charge in [-0.2, -0.15) is 0 Å². The van der Waals surface area contributed by atoms with Gasteiger partial charge >= 0.3 is 0 Å². The smallest absolute Gasteiger partial charge is 0.240 e. The molecule has 156 valence electrons. The standard InChI is InChI=1S/C24H34N4O/c1-4-22(27-12-17(2)21-16-25(3)13-19(21)14-27)24(29)26-9-10-28-20(15-26)11-18-7-5-6-8-23(18)28/h5-8,11,17,19,21-22H,4,9-10,12-16H2,1-3H3. The highest BCUT2D eigenvalue weighted by molar-refractivity contribution is 5.84. The fraction of sp³-hybridized carbons (Fsp3) is 0.625. The zero-order chi connectivity index (χ0) is 20.1. The third-order valence-electron chi connectivity index (χ3n) is 7.66. The highest BCUT2D eigenvalue weighted by atomic mass is 16.2. The summed E-state index contributed by atoms with van der Waals surface area (Å²) in [5, 5.41) is 1.28. The summed E-state index contributed by atoms with van der Waals surface area (Å²) in [7, 11) is 2.24. The van der Waals surface area contributed by atoms with E-state index in [0.29, 0.717) is 11.8 Å².